The van der Waals surface area contributed by atoms with Crippen LogP contribution in [0.2, 0.25) is 0 Å². The van der Waals surface area contributed by atoms with Crippen molar-refractivity contribution in [3.8, 4) is 16.3 Å². The van der Waals surface area contributed by atoms with Crippen LogP contribution in [-0.2, 0) is 10.0 Å². The maximum atomic E-state index is 13.7. The van der Waals surface area contributed by atoms with Gasteiger partial charge in [-0.3, -0.25) is 4.72 Å². The number of aromatic nitrogens is 1. The molecular weight excluding hydrogens is 402 g/mol. The van der Waals surface area contributed by atoms with Crippen LogP contribution in [0.1, 0.15) is 10.4 Å². The number of aromatic hydroxyl groups is 1. The number of thiazole rings is 1. The molecule has 0 saturated heterocycles. The Morgan fingerprint density at radius 1 is 1.15 bits per heavy atom. The van der Waals surface area contributed by atoms with E-state index < -0.39 is 44.6 Å². The molecule has 11 heteroatoms. The van der Waals surface area contributed by atoms with E-state index in [1.54, 1.807) is 0 Å². The highest BCUT2D eigenvalue weighted by Crippen LogP contribution is 2.32. The number of benzene rings is 2. The Balaban J connectivity index is 1.91. The molecule has 0 unspecified atom stereocenters. The van der Waals surface area contributed by atoms with E-state index in [-0.39, 0.29) is 4.21 Å². The molecule has 0 bridgehead atoms. The molecule has 3 rings (SSSR count). The lowest BCUT2D eigenvalue weighted by atomic mass is 10.2. The molecule has 0 aliphatic carbocycles. The van der Waals surface area contributed by atoms with Gasteiger partial charge in [-0.05, 0) is 30.3 Å². The highest BCUT2D eigenvalue weighted by molar-refractivity contribution is 7.94. The van der Waals surface area contributed by atoms with Gasteiger partial charge >= 0.3 is 5.97 Å². The van der Waals surface area contributed by atoms with Crippen molar-refractivity contribution < 1.29 is 32.2 Å². The minimum atomic E-state index is -4.22. The van der Waals surface area contributed by atoms with Gasteiger partial charge in [-0.1, -0.05) is 0 Å². The number of carbonyl (C=O) groups is 1. The minimum absolute atomic E-state index is 0.232. The Kier molecular flexibility index (Phi) is 4.81. The van der Waals surface area contributed by atoms with Gasteiger partial charge in [-0.2, -0.15) is 0 Å². The van der Waals surface area contributed by atoms with E-state index in [0.29, 0.717) is 22.7 Å². The first-order valence-corrected chi connectivity index (χ1v) is 9.48. The van der Waals surface area contributed by atoms with Gasteiger partial charge in [-0.25, -0.2) is 27.0 Å². The second-order valence-electron chi connectivity index (χ2n) is 5.25. The third-order valence-electron chi connectivity index (χ3n) is 3.40. The van der Waals surface area contributed by atoms with Gasteiger partial charge in [0.25, 0.3) is 10.0 Å². The molecule has 0 radical (unpaired) electrons. The van der Waals surface area contributed by atoms with E-state index in [1.807, 2.05) is 4.72 Å². The Labute approximate surface area is 155 Å². The molecule has 0 fully saturated rings. The minimum Gasteiger partial charge on any atom is -0.506 e. The Morgan fingerprint density at radius 3 is 2.44 bits per heavy atom. The van der Waals surface area contributed by atoms with Crippen LogP contribution in [0, 0.1) is 11.6 Å². The number of anilines is 1. The molecule has 0 aliphatic rings. The van der Waals surface area contributed by atoms with Crippen molar-refractivity contribution in [3.05, 3.63) is 59.8 Å². The molecular formula is C16H10F2N2O5S2. The number of nitrogens with one attached hydrogen (secondary N) is 1. The van der Waals surface area contributed by atoms with Crippen molar-refractivity contribution in [2.45, 2.75) is 4.21 Å². The first-order chi connectivity index (χ1) is 12.7. The van der Waals surface area contributed by atoms with E-state index in [1.165, 1.54) is 24.3 Å². The third kappa shape index (κ3) is 3.88. The van der Waals surface area contributed by atoms with Crippen LogP contribution in [0.25, 0.3) is 10.6 Å². The van der Waals surface area contributed by atoms with Crippen LogP contribution in [-0.4, -0.2) is 29.6 Å². The van der Waals surface area contributed by atoms with Gasteiger partial charge in [0.1, 0.15) is 22.4 Å². The number of phenolic OH excluding ortho intramolecular Hbond substituents is 1. The van der Waals surface area contributed by atoms with Crippen LogP contribution < -0.4 is 4.72 Å². The van der Waals surface area contributed by atoms with Gasteiger partial charge in [-0.15, -0.1) is 11.3 Å². The normalized spacial score (nSPS) is 11.3. The summed E-state index contributed by atoms with van der Waals surface area (Å²) in [5.74, 6) is -4.02. The zero-order valence-corrected chi connectivity index (χ0v) is 14.8. The molecule has 0 saturated carbocycles. The molecule has 0 aliphatic heterocycles. The summed E-state index contributed by atoms with van der Waals surface area (Å²) in [7, 11) is -4.22. The van der Waals surface area contributed by atoms with Crippen LogP contribution in [0.4, 0.5) is 14.5 Å². The van der Waals surface area contributed by atoms with E-state index in [0.717, 1.165) is 17.5 Å². The fraction of sp³-hybridized carbons (Fsp3) is 0. The molecule has 0 atom stereocenters. The lowest BCUT2D eigenvalue weighted by Gasteiger charge is -2.09. The van der Waals surface area contributed by atoms with E-state index in [4.69, 9.17) is 5.11 Å². The van der Waals surface area contributed by atoms with Crippen molar-refractivity contribution in [2.75, 3.05) is 4.72 Å². The molecule has 140 valence electrons. The van der Waals surface area contributed by atoms with Crippen molar-refractivity contribution in [3.63, 3.8) is 0 Å². The average molecular weight is 412 g/mol. The number of aromatic carboxylic acids is 1. The summed E-state index contributed by atoms with van der Waals surface area (Å²) >= 11 is 0.783. The number of nitrogens with zero attached hydrogens (tertiary/aromatic N) is 1. The van der Waals surface area contributed by atoms with Crippen LogP contribution in [0.15, 0.2) is 46.8 Å². The maximum absolute atomic E-state index is 13.7. The molecule has 3 N–H and O–H groups in total. The summed E-state index contributed by atoms with van der Waals surface area (Å²) in [5.41, 5.74) is -0.816. The number of sulfonamides is 1. The quantitative estimate of drug-likeness (QED) is 0.554. The van der Waals surface area contributed by atoms with Gasteiger partial charge in [0.15, 0.2) is 4.21 Å². The van der Waals surface area contributed by atoms with Crippen LogP contribution >= 0.6 is 11.3 Å². The first kappa shape index (κ1) is 18.7. The largest absolute Gasteiger partial charge is 0.506 e. The lowest BCUT2D eigenvalue weighted by Crippen LogP contribution is -2.12. The Morgan fingerprint density at radius 2 is 1.81 bits per heavy atom. The fourth-order valence-corrected chi connectivity index (χ4v) is 4.31. The first-order valence-electron chi connectivity index (χ1n) is 7.18. The molecule has 7 nitrogen and oxygen atoms in total. The summed E-state index contributed by atoms with van der Waals surface area (Å²) in [6.07, 6.45) is 1.06. The molecule has 1 heterocycles. The zero-order chi connectivity index (χ0) is 19.8. The smallest absolute Gasteiger partial charge is 0.338 e. The molecule has 27 heavy (non-hydrogen) atoms. The van der Waals surface area contributed by atoms with E-state index in [9.17, 15) is 27.1 Å². The number of carboxylic acids is 1. The maximum Gasteiger partial charge on any atom is 0.338 e. The predicted molar refractivity (Wildman–Crippen MR) is 93.3 cm³/mol. The highest BCUT2D eigenvalue weighted by atomic mass is 32.2. The van der Waals surface area contributed by atoms with Gasteiger partial charge in [0.2, 0.25) is 0 Å². The predicted octanol–water partition coefficient (Wildman–Crippen LogP) is 3.29. The number of carboxylic acid groups (broad SMARTS) is 1. The van der Waals surface area contributed by atoms with Crippen LogP contribution in [0.3, 0.4) is 0 Å². The van der Waals surface area contributed by atoms with Gasteiger partial charge in [0.05, 0.1) is 17.4 Å². The number of halogens is 2. The van der Waals surface area contributed by atoms with Crippen molar-refractivity contribution in [1.29, 1.82) is 0 Å². The van der Waals surface area contributed by atoms with Crippen molar-refractivity contribution in [2.24, 2.45) is 0 Å². The van der Waals surface area contributed by atoms with Gasteiger partial charge < -0.3 is 10.2 Å². The number of rotatable bonds is 5. The number of hydrogen-bond acceptors (Lipinski definition) is 6. The lowest BCUT2D eigenvalue weighted by molar-refractivity contribution is 0.0691. The zero-order valence-electron chi connectivity index (χ0n) is 13.2. The third-order valence-corrected chi connectivity index (χ3v) is 6.27. The topological polar surface area (TPSA) is 117 Å². The summed E-state index contributed by atoms with van der Waals surface area (Å²) in [5, 5.41) is 18.9. The molecule has 1 aromatic heterocycles. The fourth-order valence-electron chi connectivity index (χ4n) is 2.11. The van der Waals surface area contributed by atoms with Crippen molar-refractivity contribution in [1.82, 2.24) is 4.98 Å². The summed E-state index contributed by atoms with van der Waals surface area (Å²) < 4.78 is 53.3. The SMILES string of the molecule is O=C(O)c1cc(O)c(NS(=O)(=O)c2cnc(-c3ccc(F)cc3)s2)cc1F. The molecule has 0 amide bonds. The second kappa shape index (κ2) is 6.93. The van der Waals surface area contributed by atoms with Gasteiger partial charge in [0, 0.05) is 11.6 Å². The van der Waals surface area contributed by atoms with E-state index in [2.05, 4.69) is 4.98 Å². The summed E-state index contributed by atoms with van der Waals surface area (Å²) in [6.45, 7) is 0. The summed E-state index contributed by atoms with van der Waals surface area (Å²) in [6, 6.07) is 6.44. The monoisotopic (exact) mass is 412 g/mol. The second-order valence-corrected chi connectivity index (χ2v) is 8.19. The number of hydrogen-bond donors (Lipinski definition) is 3. The molecule has 0 spiro atoms. The Bertz CT molecular complexity index is 1130. The number of phenols is 1. The standard InChI is InChI=1S/C16H10F2N2O5S2/c17-9-3-1-8(2-4-9)15-19-7-14(26-15)27(24,25)20-12-6-11(18)10(16(22)23)5-13(12)21/h1-7,20-21H,(H,22,23). The van der Waals surface area contributed by atoms with E-state index >= 15 is 0 Å². The average Bonchev–Trinajstić information content (AvgIpc) is 3.09. The van der Waals surface area contributed by atoms with Crippen LogP contribution in [0.5, 0.6) is 5.75 Å². The summed E-state index contributed by atoms with van der Waals surface area (Å²) in [4.78, 5) is 14.8. The Hall–Kier alpha value is -3.05. The molecule has 3 aromatic rings. The van der Waals surface area contributed by atoms with Crippen molar-refractivity contribution >= 4 is 33.0 Å². The highest BCUT2D eigenvalue weighted by Gasteiger charge is 2.22. The molecule has 2 aromatic carbocycles.